The number of benzene rings is 1. The smallest absolute Gasteiger partial charge is 0.326 e. The van der Waals surface area contributed by atoms with Crippen molar-refractivity contribution in [1.82, 2.24) is 30.1 Å². The van der Waals surface area contributed by atoms with Gasteiger partial charge in [0, 0.05) is 29.8 Å². The van der Waals surface area contributed by atoms with Gasteiger partial charge in [0.15, 0.2) is 5.65 Å². The maximum Gasteiger partial charge on any atom is 0.326 e. The van der Waals surface area contributed by atoms with Gasteiger partial charge in [-0.2, -0.15) is 9.61 Å². The van der Waals surface area contributed by atoms with Gasteiger partial charge in [0.1, 0.15) is 23.9 Å². The van der Waals surface area contributed by atoms with Crippen molar-refractivity contribution >= 4 is 29.5 Å². The van der Waals surface area contributed by atoms with Crippen LogP contribution in [0.2, 0.25) is 0 Å². The lowest BCUT2D eigenvalue weighted by Gasteiger charge is -2.21. The molecule has 3 aromatic rings. The number of rotatable bonds is 12. The van der Waals surface area contributed by atoms with Crippen LogP contribution < -0.4 is 20.7 Å². The minimum Gasteiger partial charge on any atom is -0.492 e. The summed E-state index contributed by atoms with van der Waals surface area (Å²) in [6.45, 7) is 8.07. The van der Waals surface area contributed by atoms with Crippen LogP contribution in [-0.4, -0.2) is 63.7 Å². The van der Waals surface area contributed by atoms with Gasteiger partial charge < -0.3 is 15.4 Å². The maximum absolute atomic E-state index is 12.1. The first-order valence-electron chi connectivity index (χ1n) is 13.0. The van der Waals surface area contributed by atoms with E-state index in [9.17, 15) is 9.59 Å². The summed E-state index contributed by atoms with van der Waals surface area (Å²) in [5, 5.41) is 12.8. The number of aromatic nitrogens is 3. The summed E-state index contributed by atoms with van der Waals surface area (Å²) in [7, 11) is 0. The van der Waals surface area contributed by atoms with E-state index >= 15 is 0 Å². The summed E-state index contributed by atoms with van der Waals surface area (Å²) < 4.78 is 7.84. The summed E-state index contributed by atoms with van der Waals surface area (Å²) in [5.41, 5.74) is 3.07. The third-order valence-electron chi connectivity index (χ3n) is 6.33. The molecule has 0 atom stereocenters. The number of carbonyl (C=O) groups is 2. The highest BCUT2D eigenvalue weighted by molar-refractivity contribution is 6.14. The van der Waals surface area contributed by atoms with Crippen LogP contribution in [0.1, 0.15) is 45.1 Å². The Kier molecular flexibility index (Phi) is 7.36. The maximum atomic E-state index is 12.1. The van der Waals surface area contributed by atoms with Gasteiger partial charge in [0.05, 0.1) is 11.9 Å². The van der Waals surface area contributed by atoms with E-state index in [0.717, 1.165) is 68.1 Å². The van der Waals surface area contributed by atoms with Crippen molar-refractivity contribution in [3.63, 3.8) is 0 Å². The van der Waals surface area contributed by atoms with Crippen LogP contribution in [0.15, 0.2) is 42.2 Å². The lowest BCUT2D eigenvalue weighted by Crippen LogP contribution is -2.30. The fraction of sp³-hybridized carbons (Fsp3) is 0.407. The monoisotopic (exact) mass is 503 g/mol. The molecule has 3 heterocycles. The molecule has 194 valence electrons. The van der Waals surface area contributed by atoms with Gasteiger partial charge in [-0.3, -0.25) is 15.0 Å². The zero-order valence-electron chi connectivity index (χ0n) is 21.3. The highest BCUT2D eigenvalue weighted by Crippen LogP contribution is 2.30. The summed E-state index contributed by atoms with van der Waals surface area (Å²) in [6, 6.07) is 9.80. The Morgan fingerprint density at radius 1 is 1.14 bits per heavy atom. The molecule has 0 bridgehead atoms. The summed E-state index contributed by atoms with van der Waals surface area (Å²) >= 11 is 0. The molecule has 1 aromatic carbocycles. The Bertz CT molecular complexity index is 1320. The molecular weight excluding hydrogens is 470 g/mol. The zero-order chi connectivity index (χ0) is 25.8. The number of hydrogen-bond donors (Lipinski definition) is 3. The highest BCUT2D eigenvalue weighted by atomic mass is 16.5. The van der Waals surface area contributed by atoms with E-state index in [4.69, 9.17) is 9.72 Å². The predicted octanol–water partition coefficient (Wildman–Crippen LogP) is 3.65. The molecule has 10 heteroatoms. The number of anilines is 1. The molecule has 2 fully saturated rings. The fourth-order valence-corrected chi connectivity index (χ4v) is 4.41. The third kappa shape index (κ3) is 5.91. The van der Waals surface area contributed by atoms with Gasteiger partial charge in [0.25, 0.3) is 5.91 Å². The molecule has 2 aliphatic rings. The molecule has 3 N–H and O–H groups in total. The van der Waals surface area contributed by atoms with Gasteiger partial charge in [-0.05, 0) is 57.0 Å². The lowest BCUT2D eigenvalue weighted by atomic mass is 10.1. The lowest BCUT2D eigenvalue weighted by molar-refractivity contribution is -0.115. The second-order valence-electron chi connectivity index (χ2n) is 9.46. The Morgan fingerprint density at radius 2 is 1.95 bits per heavy atom. The second kappa shape index (κ2) is 11.0. The molecular formula is C27H33N7O3. The van der Waals surface area contributed by atoms with Crippen LogP contribution in [0, 0.1) is 0 Å². The van der Waals surface area contributed by atoms with E-state index in [1.54, 1.807) is 16.8 Å². The van der Waals surface area contributed by atoms with Crippen LogP contribution in [-0.2, 0) is 4.79 Å². The fourth-order valence-electron chi connectivity index (χ4n) is 4.41. The normalized spacial score (nSPS) is 16.5. The van der Waals surface area contributed by atoms with E-state index in [0.29, 0.717) is 23.9 Å². The third-order valence-corrected chi connectivity index (χ3v) is 6.33. The first kappa shape index (κ1) is 24.8. The van der Waals surface area contributed by atoms with Crippen LogP contribution in [0.3, 0.4) is 0 Å². The first-order chi connectivity index (χ1) is 18.0. The SMILES string of the molecule is CCCN(CCC)CCOc1cccc(-c2cc(NC3CC3)n3ncc(/C=C4\NC(=O)NC4=O)c3n2)c1. The highest BCUT2D eigenvalue weighted by Gasteiger charge is 2.25. The van der Waals surface area contributed by atoms with Gasteiger partial charge in [-0.1, -0.05) is 26.0 Å². The van der Waals surface area contributed by atoms with Crippen molar-refractivity contribution in [2.45, 2.75) is 45.6 Å². The molecule has 5 rings (SSSR count). The topological polar surface area (TPSA) is 113 Å². The molecule has 0 unspecified atom stereocenters. The number of nitrogens with one attached hydrogen (secondary N) is 3. The Morgan fingerprint density at radius 3 is 2.65 bits per heavy atom. The first-order valence-corrected chi connectivity index (χ1v) is 13.0. The predicted molar refractivity (Wildman–Crippen MR) is 142 cm³/mol. The number of carbonyl (C=O) groups excluding carboxylic acids is 2. The van der Waals surface area contributed by atoms with Crippen molar-refractivity contribution in [3.8, 4) is 17.0 Å². The van der Waals surface area contributed by atoms with Gasteiger partial charge >= 0.3 is 6.03 Å². The van der Waals surface area contributed by atoms with Crippen LogP contribution in [0.25, 0.3) is 23.0 Å². The Balaban J connectivity index is 1.42. The molecule has 10 nitrogen and oxygen atoms in total. The molecule has 2 aromatic heterocycles. The van der Waals surface area contributed by atoms with Gasteiger partial charge in [0.2, 0.25) is 0 Å². The number of ether oxygens (including phenoxy) is 1. The molecule has 37 heavy (non-hydrogen) atoms. The van der Waals surface area contributed by atoms with Crippen molar-refractivity contribution in [3.05, 3.63) is 47.8 Å². The molecule has 1 saturated heterocycles. The molecule has 1 aliphatic heterocycles. The number of amides is 3. The van der Waals surface area contributed by atoms with Crippen LogP contribution >= 0.6 is 0 Å². The van der Waals surface area contributed by atoms with Crippen molar-refractivity contribution in [2.24, 2.45) is 0 Å². The van der Waals surface area contributed by atoms with Crippen LogP contribution in [0.4, 0.5) is 10.6 Å². The average molecular weight is 504 g/mol. The van der Waals surface area contributed by atoms with Crippen LogP contribution in [0.5, 0.6) is 5.75 Å². The summed E-state index contributed by atoms with van der Waals surface area (Å²) in [6.07, 6.45) is 7.72. The van der Waals surface area contributed by atoms with Crippen molar-refractivity contribution in [1.29, 1.82) is 0 Å². The summed E-state index contributed by atoms with van der Waals surface area (Å²) in [4.78, 5) is 30.9. The minimum absolute atomic E-state index is 0.166. The molecule has 1 aliphatic carbocycles. The number of fused-ring (bicyclic) bond motifs is 1. The van der Waals surface area contributed by atoms with E-state index in [1.165, 1.54) is 0 Å². The standard InChI is InChI=1S/C27H33N7O3/c1-3-10-33(11-4-2)12-13-37-21-7-5-6-18(14-21)22-16-24(29-20-8-9-20)34-25(30-22)19(17-28-34)15-23-26(35)32-27(36)31-23/h5-7,14-17,20,29H,3-4,8-13H2,1-2H3,(H2,31,32,35,36)/b23-15-. The van der Waals surface area contributed by atoms with E-state index in [2.05, 4.69) is 39.8 Å². The second-order valence-corrected chi connectivity index (χ2v) is 9.46. The van der Waals surface area contributed by atoms with E-state index in [1.807, 2.05) is 30.3 Å². The van der Waals surface area contributed by atoms with E-state index in [-0.39, 0.29) is 5.70 Å². The number of hydrogen-bond acceptors (Lipinski definition) is 7. The molecule has 0 spiro atoms. The minimum atomic E-state index is -0.540. The van der Waals surface area contributed by atoms with Gasteiger partial charge in [-0.25, -0.2) is 9.78 Å². The zero-order valence-corrected chi connectivity index (χ0v) is 21.3. The van der Waals surface area contributed by atoms with Crippen molar-refractivity contribution < 1.29 is 14.3 Å². The molecule has 3 amide bonds. The quantitative estimate of drug-likeness (QED) is 0.255. The number of urea groups is 1. The Hall–Kier alpha value is -3.92. The van der Waals surface area contributed by atoms with Crippen molar-refractivity contribution in [2.75, 3.05) is 31.6 Å². The van der Waals surface area contributed by atoms with Gasteiger partial charge in [-0.15, -0.1) is 0 Å². The average Bonchev–Trinajstić information content (AvgIpc) is 3.52. The molecule has 0 radical (unpaired) electrons. The largest absolute Gasteiger partial charge is 0.492 e. The molecule has 1 saturated carbocycles. The number of nitrogens with zero attached hydrogens (tertiary/aromatic N) is 4. The summed E-state index contributed by atoms with van der Waals surface area (Å²) in [5.74, 6) is 1.15. The number of imide groups is 1. The Labute approximate surface area is 216 Å². The van der Waals surface area contributed by atoms with E-state index < -0.39 is 11.9 Å².